The molecule has 1 aliphatic rings. The van der Waals surface area contributed by atoms with E-state index in [0.717, 1.165) is 22.8 Å². The van der Waals surface area contributed by atoms with Gasteiger partial charge in [-0.25, -0.2) is 0 Å². The van der Waals surface area contributed by atoms with Crippen LogP contribution in [0, 0.1) is 17.8 Å². The van der Waals surface area contributed by atoms with Gasteiger partial charge in [-0.3, -0.25) is 4.79 Å². The second-order valence-corrected chi connectivity index (χ2v) is 5.89. The quantitative estimate of drug-likeness (QED) is 0.858. The highest BCUT2D eigenvalue weighted by Crippen LogP contribution is 2.28. The monoisotopic (exact) mass is 276 g/mol. The zero-order chi connectivity index (χ0) is 13.7. The molecule has 1 aromatic rings. The summed E-state index contributed by atoms with van der Waals surface area (Å²) in [4.78, 5) is 16.0. The first-order valence-electron chi connectivity index (χ1n) is 6.82. The van der Waals surface area contributed by atoms with Crippen molar-refractivity contribution in [3.63, 3.8) is 0 Å². The van der Waals surface area contributed by atoms with Crippen LogP contribution >= 0.6 is 11.3 Å². The number of thiophene rings is 1. The standard InChI is InChI=1S/C15H20N2OS/c1-2-17(11-12-5-3-6-12)15(18)14-9-8-13(19-14)7-4-10-16/h8-9,12H,2-3,5-6,10-11,16H2,1H3. The highest BCUT2D eigenvalue weighted by Gasteiger charge is 2.24. The van der Waals surface area contributed by atoms with Crippen LogP contribution in [0.5, 0.6) is 0 Å². The Bertz CT molecular complexity index is 494. The molecule has 3 nitrogen and oxygen atoms in total. The first-order valence-corrected chi connectivity index (χ1v) is 7.64. The van der Waals surface area contributed by atoms with Crippen molar-refractivity contribution in [1.29, 1.82) is 0 Å². The Morgan fingerprint density at radius 3 is 2.89 bits per heavy atom. The SMILES string of the molecule is CCN(CC1CCC1)C(=O)c1ccc(C#CCN)s1. The number of carbonyl (C=O) groups excluding carboxylic acids is 1. The van der Waals surface area contributed by atoms with Crippen LogP contribution in [0.3, 0.4) is 0 Å². The van der Waals surface area contributed by atoms with Crippen molar-refractivity contribution in [2.75, 3.05) is 19.6 Å². The minimum absolute atomic E-state index is 0.139. The molecule has 2 rings (SSSR count). The average Bonchev–Trinajstić information content (AvgIpc) is 2.83. The van der Waals surface area contributed by atoms with E-state index >= 15 is 0 Å². The molecule has 0 atom stereocenters. The number of nitrogens with two attached hydrogens (primary N) is 1. The van der Waals surface area contributed by atoms with Gasteiger partial charge in [0.25, 0.3) is 5.91 Å². The van der Waals surface area contributed by atoms with E-state index in [1.165, 1.54) is 30.6 Å². The summed E-state index contributed by atoms with van der Waals surface area (Å²) in [5.41, 5.74) is 5.35. The topological polar surface area (TPSA) is 46.3 Å². The maximum absolute atomic E-state index is 12.4. The summed E-state index contributed by atoms with van der Waals surface area (Å²) in [5.74, 6) is 6.63. The fourth-order valence-electron chi connectivity index (χ4n) is 2.16. The first kappa shape index (κ1) is 14.1. The number of hydrogen-bond acceptors (Lipinski definition) is 3. The Kier molecular flexibility index (Phi) is 5.00. The van der Waals surface area contributed by atoms with E-state index in [9.17, 15) is 4.79 Å². The van der Waals surface area contributed by atoms with Crippen LogP contribution in [0.2, 0.25) is 0 Å². The normalized spacial score (nSPS) is 14.4. The van der Waals surface area contributed by atoms with E-state index in [1.807, 2.05) is 24.0 Å². The van der Waals surface area contributed by atoms with E-state index < -0.39 is 0 Å². The third kappa shape index (κ3) is 3.59. The summed E-state index contributed by atoms with van der Waals surface area (Å²) in [6.07, 6.45) is 3.84. The Morgan fingerprint density at radius 1 is 1.53 bits per heavy atom. The molecule has 1 aliphatic carbocycles. The Morgan fingerprint density at radius 2 is 2.32 bits per heavy atom. The molecule has 0 unspecified atom stereocenters. The third-order valence-corrected chi connectivity index (χ3v) is 4.49. The molecular formula is C15H20N2OS. The molecule has 1 saturated carbocycles. The molecule has 1 heterocycles. The molecule has 2 N–H and O–H groups in total. The fourth-order valence-corrected chi connectivity index (χ4v) is 3.01. The molecule has 0 saturated heterocycles. The molecule has 19 heavy (non-hydrogen) atoms. The highest BCUT2D eigenvalue weighted by molar-refractivity contribution is 7.14. The molecule has 1 amide bonds. The van der Waals surface area contributed by atoms with Gasteiger partial charge in [-0.2, -0.15) is 0 Å². The van der Waals surface area contributed by atoms with Gasteiger partial charge in [0.1, 0.15) is 0 Å². The summed E-state index contributed by atoms with van der Waals surface area (Å²) in [6.45, 7) is 4.07. The van der Waals surface area contributed by atoms with Gasteiger partial charge in [-0.05, 0) is 37.8 Å². The van der Waals surface area contributed by atoms with Crippen molar-refractivity contribution in [2.45, 2.75) is 26.2 Å². The van der Waals surface area contributed by atoms with Crippen molar-refractivity contribution < 1.29 is 4.79 Å². The van der Waals surface area contributed by atoms with Crippen molar-refractivity contribution in [1.82, 2.24) is 4.90 Å². The molecule has 1 aromatic heterocycles. The maximum Gasteiger partial charge on any atom is 0.263 e. The lowest BCUT2D eigenvalue weighted by Gasteiger charge is -2.31. The van der Waals surface area contributed by atoms with Crippen molar-refractivity contribution in [2.24, 2.45) is 11.7 Å². The van der Waals surface area contributed by atoms with Crippen molar-refractivity contribution in [3.05, 3.63) is 21.9 Å². The van der Waals surface area contributed by atoms with Crippen LogP contribution in [0.4, 0.5) is 0 Å². The van der Waals surface area contributed by atoms with E-state index in [0.29, 0.717) is 12.5 Å². The molecule has 0 aliphatic heterocycles. The summed E-state index contributed by atoms with van der Waals surface area (Å²) >= 11 is 1.46. The molecule has 0 aromatic carbocycles. The van der Waals surface area contributed by atoms with E-state index in [-0.39, 0.29) is 5.91 Å². The van der Waals surface area contributed by atoms with Gasteiger partial charge < -0.3 is 10.6 Å². The van der Waals surface area contributed by atoms with Crippen molar-refractivity contribution >= 4 is 17.2 Å². The van der Waals surface area contributed by atoms with Gasteiger partial charge in [0.2, 0.25) is 0 Å². The Labute approximate surface area is 118 Å². The van der Waals surface area contributed by atoms with Gasteiger partial charge in [-0.15, -0.1) is 11.3 Å². The summed E-state index contributed by atoms with van der Waals surface area (Å²) < 4.78 is 0. The van der Waals surface area contributed by atoms with Crippen molar-refractivity contribution in [3.8, 4) is 11.8 Å². The molecule has 0 radical (unpaired) electrons. The lowest BCUT2D eigenvalue weighted by Crippen LogP contribution is -2.36. The van der Waals surface area contributed by atoms with Gasteiger partial charge in [0.05, 0.1) is 16.3 Å². The van der Waals surface area contributed by atoms with Gasteiger partial charge >= 0.3 is 0 Å². The fraction of sp³-hybridized carbons (Fsp3) is 0.533. The van der Waals surface area contributed by atoms with Gasteiger partial charge in [0, 0.05) is 13.1 Å². The number of hydrogen-bond donors (Lipinski definition) is 1. The number of carbonyl (C=O) groups is 1. The lowest BCUT2D eigenvalue weighted by atomic mass is 9.85. The second kappa shape index (κ2) is 6.74. The molecule has 4 heteroatoms. The van der Waals surface area contributed by atoms with Crippen LogP contribution in [0.1, 0.15) is 40.7 Å². The summed E-state index contributed by atoms with van der Waals surface area (Å²) in [5, 5.41) is 0. The maximum atomic E-state index is 12.4. The Hall–Kier alpha value is -1.31. The molecule has 0 bridgehead atoms. The zero-order valence-electron chi connectivity index (χ0n) is 11.3. The zero-order valence-corrected chi connectivity index (χ0v) is 12.1. The van der Waals surface area contributed by atoms with Gasteiger partial charge in [0.15, 0.2) is 0 Å². The summed E-state index contributed by atoms with van der Waals surface area (Å²) in [6, 6.07) is 3.77. The average molecular weight is 276 g/mol. The smallest absolute Gasteiger partial charge is 0.263 e. The largest absolute Gasteiger partial charge is 0.338 e. The highest BCUT2D eigenvalue weighted by atomic mass is 32.1. The van der Waals surface area contributed by atoms with Crippen LogP contribution in [0.15, 0.2) is 12.1 Å². The molecule has 102 valence electrons. The lowest BCUT2D eigenvalue weighted by molar-refractivity contribution is 0.0711. The molecular weight excluding hydrogens is 256 g/mol. The number of rotatable bonds is 4. The Balaban J connectivity index is 2.01. The van der Waals surface area contributed by atoms with Crippen LogP contribution in [-0.2, 0) is 0 Å². The van der Waals surface area contributed by atoms with Crippen LogP contribution in [0.25, 0.3) is 0 Å². The molecule has 1 fully saturated rings. The van der Waals surface area contributed by atoms with E-state index in [4.69, 9.17) is 5.73 Å². The predicted molar refractivity (Wildman–Crippen MR) is 79.2 cm³/mol. The van der Waals surface area contributed by atoms with Crippen LogP contribution < -0.4 is 5.73 Å². The third-order valence-electron chi connectivity index (χ3n) is 3.50. The first-order chi connectivity index (χ1) is 9.24. The molecule has 0 spiro atoms. The van der Waals surface area contributed by atoms with E-state index in [1.54, 1.807) is 0 Å². The minimum Gasteiger partial charge on any atom is -0.338 e. The number of nitrogens with zero attached hydrogens (tertiary/aromatic N) is 1. The van der Waals surface area contributed by atoms with E-state index in [2.05, 4.69) is 11.8 Å². The second-order valence-electron chi connectivity index (χ2n) is 4.81. The minimum atomic E-state index is 0.139. The van der Waals surface area contributed by atoms with Crippen LogP contribution in [-0.4, -0.2) is 30.4 Å². The number of amides is 1. The summed E-state index contributed by atoms with van der Waals surface area (Å²) in [7, 11) is 0. The predicted octanol–water partition coefficient (Wildman–Crippen LogP) is 2.32. The van der Waals surface area contributed by atoms with Gasteiger partial charge in [-0.1, -0.05) is 18.3 Å².